The second-order valence-corrected chi connectivity index (χ2v) is 14.5. The van der Waals surface area contributed by atoms with Gasteiger partial charge in [-0.25, -0.2) is 0 Å². The first-order chi connectivity index (χ1) is 13.7. The molecule has 5 heteroatoms. The number of rotatable bonds is 4. The van der Waals surface area contributed by atoms with Crippen LogP contribution in [0.4, 0.5) is 5.69 Å². The fourth-order valence-electron chi connectivity index (χ4n) is 4.27. The largest absolute Gasteiger partial charge is 0.413 e. The maximum atomic E-state index is 13.5. The molecule has 2 aromatic rings. The second-order valence-electron chi connectivity index (χ2n) is 9.78. The van der Waals surface area contributed by atoms with E-state index in [9.17, 15) is 4.79 Å². The lowest BCUT2D eigenvalue weighted by atomic mass is 10.1. The van der Waals surface area contributed by atoms with Crippen LogP contribution in [0, 0.1) is 0 Å². The van der Waals surface area contributed by atoms with Crippen molar-refractivity contribution in [3.63, 3.8) is 0 Å². The summed E-state index contributed by atoms with van der Waals surface area (Å²) >= 11 is 0. The van der Waals surface area contributed by atoms with Crippen LogP contribution in [0.25, 0.3) is 0 Å². The molecule has 2 fully saturated rings. The standard InChI is InChI=1S/C24H32N2O2Si/c1-24(2,3)29(4,5)28-20-16-21-23(27)26(19-14-10-7-11-15-19)22(25(21)17-20)18-12-8-6-9-13-18/h6-15,20-22H,16-17H2,1-5H3/t20-,21+,22-/m1/s1. The highest BCUT2D eigenvalue weighted by molar-refractivity contribution is 6.74. The van der Waals surface area contributed by atoms with E-state index in [2.05, 4.69) is 63.0 Å². The Hall–Kier alpha value is -1.95. The zero-order chi connectivity index (χ0) is 20.8. The van der Waals surface area contributed by atoms with E-state index in [1.54, 1.807) is 0 Å². The quantitative estimate of drug-likeness (QED) is 0.652. The Morgan fingerprint density at radius 2 is 1.55 bits per heavy atom. The van der Waals surface area contributed by atoms with E-state index in [1.807, 2.05) is 41.3 Å². The average molecular weight is 409 g/mol. The van der Waals surface area contributed by atoms with Crippen LogP contribution in [0.15, 0.2) is 60.7 Å². The van der Waals surface area contributed by atoms with Gasteiger partial charge in [0, 0.05) is 12.2 Å². The number of para-hydroxylation sites is 1. The fourth-order valence-corrected chi connectivity index (χ4v) is 5.62. The van der Waals surface area contributed by atoms with Crippen molar-refractivity contribution >= 4 is 19.9 Å². The van der Waals surface area contributed by atoms with Gasteiger partial charge < -0.3 is 4.43 Å². The molecular weight excluding hydrogens is 376 g/mol. The SMILES string of the molecule is CC(C)(C)[Si](C)(C)O[C@@H]1C[C@H]2C(=O)N(c3ccccc3)[C@H](c3ccccc3)N2C1. The first-order valence-corrected chi connectivity index (χ1v) is 13.5. The number of carbonyl (C=O) groups is 1. The molecule has 29 heavy (non-hydrogen) atoms. The van der Waals surface area contributed by atoms with Crippen molar-refractivity contribution in [2.24, 2.45) is 0 Å². The maximum Gasteiger partial charge on any atom is 0.246 e. The predicted molar refractivity (Wildman–Crippen MR) is 120 cm³/mol. The van der Waals surface area contributed by atoms with Gasteiger partial charge >= 0.3 is 0 Å². The van der Waals surface area contributed by atoms with E-state index < -0.39 is 8.32 Å². The van der Waals surface area contributed by atoms with Crippen LogP contribution in [0.2, 0.25) is 18.1 Å². The van der Waals surface area contributed by atoms with Crippen LogP contribution >= 0.6 is 0 Å². The van der Waals surface area contributed by atoms with Crippen LogP contribution in [0.1, 0.15) is 38.9 Å². The molecule has 0 aromatic heterocycles. The summed E-state index contributed by atoms with van der Waals surface area (Å²) in [5, 5.41) is 0.166. The van der Waals surface area contributed by atoms with E-state index in [-0.39, 0.29) is 29.3 Å². The van der Waals surface area contributed by atoms with Gasteiger partial charge in [0.15, 0.2) is 8.32 Å². The number of nitrogens with zero attached hydrogens (tertiary/aromatic N) is 2. The third-order valence-corrected chi connectivity index (χ3v) is 11.3. The van der Waals surface area contributed by atoms with Crippen molar-refractivity contribution in [3.05, 3.63) is 66.2 Å². The third kappa shape index (κ3) is 3.67. The number of amides is 1. The Morgan fingerprint density at radius 3 is 2.14 bits per heavy atom. The number of carbonyl (C=O) groups excluding carboxylic acids is 1. The maximum absolute atomic E-state index is 13.5. The first kappa shape index (κ1) is 20.3. The van der Waals surface area contributed by atoms with Gasteiger partial charge in [0.1, 0.15) is 6.17 Å². The Balaban J connectivity index is 1.65. The number of benzene rings is 2. The first-order valence-electron chi connectivity index (χ1n) is 10.6. The number of hydrogen-bond acceptors (Lipinski definition) is 3. The molecule has 3 atom stereocenters. The fraction of sp³-hybridized carbons (Fsp3) is 0.458. The number of fused-ring (bicyclic) bond motifs is 1. The molecule has 2 saturated heterocycles. The summed E-state index contributed by atoms with van der Waals surface area (Å²) in [6.45, 7) is 12.2. The summed E-state index contributed by atoms with van der Waals surface area (Å²) < 4.78 is 6.70. The number of anilines is 1. The highest BCUT2D eigenvalue weighted by atomic mass is 28.4. The highest BCUT2D eigenvalue weighted by Crippen LogP contribution is 2.45. The molecule has 2 aromatic carbocycles. The minimum absolute atomic E-state index is 0.0795. The van der Waals surface area contributed by atoms with E-state index in [0.717, 1.165) is 24.2 Å². The molecule has 0 unspecified atom stereocenters. The van der Waals surface area contributed by atoms with Gasteiger partial charge in [0.05, 0.1) is 12.1 Å². The van der Waals surface area contributed by atoms with Crippen molar-refractivity contribution in [1.29, 1.82) is 0 Å². The molecule has 1 amide bonds. The molecule has 0 aliphatic carbocycles. The lowest BCUT2D eigenvalue weighted by Gasteiger charge is -2.39. The van der Waals surface area contributed by atoms with Gasteiger partial charge in [-0.1, -0.05) is 69.3 Å². The van der Waals surface area contributed by atoms with E-state index in [0.29, 0.717) is 0 Å². The lowest BCUT2D eigenvalue weighted by Crippen LogP contribution is -2.45. The van der Waals surface area contributed by atoms with E-state index in [4.69, 9.17) is 4.43 Å². The molecule has 4 nitrogen and oxygen atoms in total. The van der Waals surface area contributed by atoms with Gasteiger partial charge in [-0.3, -0.25) is 14.6 Å². The van der Waals surface area contributed by atoms with Gasteiger partial charge in [0.2, 0.25) is 5.91 Å². The van der Waals surface area contributed by atoms with Gasteiger partial charge in [-0.15, -0.1) is 0 Å². The monoisotopic (exact) mass is 408 g/mol. The zero-order valence-electron chi connectivity index (χ0n) is 18.1. The zero-order valence-corrected chi connectivity index (χ0v) is 19.1. The Labute approximate surface area is 175 Å². The molecule has 0 bridgehead atoms. The highest BCUT2D eigenvalue weighted by Gasteiger charge is 2.53. The number of hydrogen-bond donors (Lipinski definition) is 0. The summed E-state index contributed by atoms with van der Waals surface area (Å²) in [6, 6.07) is 20.3. The smallest absolute Gasteiger partial charge is 0.246 e. The molecular formula is C24H32N2O2Si. The van der Waals surface area contributed by atoms with E-state index >= 15 is 0 Å². The van der Waals surface area contributed by atoms with Crippen molar-refractivity contribution in [1.82, 2.24) is 4.90 Å². The average Bonchev–Trinajstić information content (AvgIpc) is 3.19. The van der Waals surface area contributed by atoms with Gasteiger partial charge in [-0.2, -0.15) is 0 Å². The Bertz CT molecular complexity index is 863. The third-order valence-electron chi connectivity index (χ3n) is 6.78. The molecule has 0 spiro atoms. The molecule has 2 aliphatic rings. The molecule has 4 rings (SSSR count). The van der Waals surface area contributed by atoms with Gasteiger partial charge in [0.25, 0.3) is 0 Å². The van der Waals surface area contributed by atoms with E-state index in [1.165, 1.54) is 0 Å². The second kappa shape index (κ2) is 7.38. The molecule has 0 N–H and O–H groups in total. The Morgan fingerprint density at radius 1 is 0.966 bits per heavy atom. The van der Waals surface area contributed by atoms with Crippen LogP contribution in [-0.2, 0) is 9.22 Å². The summed E-state index contributed by atoms with van der Waals surface area (Å²) in [6.07, 6.45) is 0.816. The van der Waals surface area contributed by atoms with Crippen molar-refractivity contribution in [2.75, 3.05) is 11.4 Å². The minimum atomic E-state index is -1.87. The molecule has 2 aliphatic heterocycles. The molecule has 154 valence electrons. The van der Waals surface area contributed by atoms with Crippen LogP contribution in [0.3, 0.4) is 0 Å². The summed E-state index contributed by atoms with van der Waals surface area (Å²) in [4.78, 5) is 17.8. The van der Waals surface area contributed by atoms with Crippen molar-refractivity contribution in [2.45, 2.75) is 63.6 Å². The van der Waals surface area contributed by atoms with Crippen LogP contribution in [0.5, 0.6) is 0 Å². The molecule has 2 heterocycles. The molecule has 0 saturated carbocycles. The predicted octanol–water partition coefficient (Wildman–Crippen LogP) is 5.20. The summed E-state index contributed by atoms with van der Waals surface area (Å²) in [7, 11) is -1.87. The Kier molecular flexibility index (Phi) is 5.17. The summed E-state index contributed by atoms with van der Waals surface area (Å²) in [5.74, 6) is 0.186. The van der Waals surface area contributed by atoms with Crippen LogP contribution < -0.4 is 4.90 Å². The summed E-state index contributed by atoms with van der Waals surface area (Å²) in [5.41, 5.74) is 2.11. The lowest BCUT2D eigenvalue weighted by molar-refractivity contribution is -0.119. The van der Waals surface area contributed by atoms with Crippen LogP contribution in [-0.4, -0.2) is 37.8 Å². The van der Waals surface area contributed by atoms with Crippen molar-refractivity contribution in [3.8, 4) is 0 Å². The normalized spacial score (nSPS) is 25.5. The van der Waals surface area contributed by atoms with Crippen molar-refractivity contribution < 1.29 is 9.22 Å². The topological polar surface area (TPSA) is 32.8 Å². The molecule has 0 radical (unpaired) electrons. The minimum Gasteiger partial charge on any atom is -0.413 e. The van der Waals surface area contributed by atoms with Gasteiger partial charge in [-0.05, 0) is 42.2 Å².